The lowest BCUT2D eigenvalue weighted by atomic mass is 10.1. The van der Waals surface area contributed by atoms with E-state index in [1.54, 1.807) is 30.8 Å². The molecule has 0 aliphatic carbocycles. The minimum Gasteiger partial charge on any atom is -0.372 e. The summed E-state index contributed by atoms with van der Waals surface area (Å²) in [7, 11) is 3.33. The lowest BCUT2D eigenvalue weighted by Crippen LogP contribution is -2.36. The second-order valence-corrected chi connectivity index (χ2v) is 5.63. The van der Waals surface area contributed by atoms with E-state index < -0.39 is 4.92 Å². The van der Waals surface area contributed by atoms with Gasteiger partial charge < -0.3 is 10.2 Å². The highest BCUT2D eigenvalue weighted by Gasteiger charge is 2.23. The van der Waals surface area contributed by atoms with Gasteiger partial charge in [0.25, 0.3) is 11.6 Å². The van der Waals surface area contributed by atoms with Crippen LogP contribution >= 0.6 is 11.8 Å². The topological polar surface area (TPSA) is 88.4 Å². The molecule has 0 spiro atoms. The largest absolute Gasteiger partial charge is 0.372 e. The van der Waals surface area contributed by atoms with Gasteiger partial charge in [-0.05, 0) is 25.4 Å². The Morgan fingerprint density at radius 3 is 2.81 bits per heavy atom. The maximum atomic E-state index is 12.5. The van der Waals surface area contributed by atoms with E-state index >= 15 is 0 Å². The van der Waals surface area contributed by atoms with Crippen LogP contribution in [-0.2, 0) is 0 Å². The van der Waals surface area contributed by atoms with Crippen LogP contribution in [0.1, 0.15) is 23.7 Å². The summed E-state index contributed by atoms with van der Waals surface area (Å²) in [5, 5.41) is 13.6. The number of hydrogen-bond acceptors (Lipinski definition) is 6. The van der Waals surface area contributed by atoms with Crippen LogP contribution in [-0.4, -0.2) is 52.9 Å². The van der Waals surface area contributed by atoms with Crippen molar-refractivity contribution in [2.45, 2.75) is 19.4 Å². The molecule has 116 valence electrons. The molecule has 1 aromatic rings. The number of anilines is 1. The van der Waals surface area contributed by atoms with Crippen LogP contribution in [0.5, 0.6) is 0 Å². The van der Waals surface area contributed by atoms with Crippen molar-refractivity contribution < 1.29 is 9.72 Å². The van der Waals surface area contributed by atoms with Crippen molar-refractivity contribution in [3.8, 4) is 0 Å². The molecular formula is C13H20N4O3S. The number of thioether (sulfide) groups is 1. The summed E-state index contributed by atoms with van der Waals surface area (Å²) in [5.74, 6) is 1.02. The first kappa shape index (κ1) is 17.2. The number of pyridine rings is 1. The first-order chi connectivity index (χ1) is 9.92. The van der Waals surface area contributed by atoms with E-state index in [9.17, 15) is 14.9 Å². The Labute approximate surface area is 128 Å². The molecule has 0 bridgehead atoms. The van der Waals surface area contributed by atoms with Gasteiger partial charge in [-0.2, -0.15) is 11.8 Å². The molecule has 1 heterocycles. The lowest BCUT2D eigenvalue weighted by Gasteiger charge is -2.25. The zero-order valence-corrected chi connectivity index (χ0v) is 13.4. The number of nitrogens with zero attached hydrogens (tertiary/aromatic N) is 3. The predicted octanol–water partition coefficient (Wildman–Crippen LogP) is 2.25. The Bertz CT molecular complexity index is 524. The van der Waals surface area contributed by atoms with Crippen LogP contribution in [0.2, 0.25) is 0 Å². The fraction of sp³-hybridized carbons (Fsp3) is 0.538. The summed E-state index contributed by atoms with van der Waals surface area (Å²) in [6, 6.07) is 1.31. The molecule has 21 heavy (non-hydrogen) atoms. The minimum atomic E-state index is -0.555. The van der Waals surface area contributed by atoms with E-state index in [-0.39, 0.29) is 23.2 Å². The van der Waals surface area contributed by atoms with Gasteiger partial charge in [-0.15, -0.1) is 0 Å². The van der Waals surface area contributed by atoms with Crippen LogP contribution < -0.4 is 5.32 Å². The second kappa shape index (κ2) is 7.82. The average molecular weight is 312 g/mol. The molecule has 0 saturated heterocycles. The fourth-order valence-electron chi connectivity index (χ4n) is 1.79. The highest BCUT2D eigenvalue weighted by atomic mass is 32.2. The maximum Gasteiger partial charge on any atom is 0.288 e. The molecule has 0 fully saturated rings. The van der Waals surface area contributed by atoms with Gasteiger partial charge in [0.05, 0.1) is 10.5 Å². The number of amides is 1. The van der Waals surface area contributed by atoms with Gasteiger partial charge in [0.1, 0.15) is 12.0 Å². The molecule has 1 aromatic heterocycles. The third-order valence-corrected chi connectivity index (χ3v) is 3.92. The van der Waals surface area contributed by atoms with Crippen LogP contribution in [0.15, 0.2) is 12.3 Å². The molecule has 7 nitrogen and oxygen atoms in total. The third-order valence-electron chi connectivity index (χ3n) is 3.27. The van der Waals surface area contributed by atoms with Crippen LogP contribution in [0.25, 0.3) is 0 Å². The van der Waals surface area contributed by atoms with E-state index in [4.69, 9.17) is 0 Å². The molecule has 1 unspecified atom stereocenters. The summed E-state index contributed by atoms with van der Waals surface area (Å²) >= 11 is 1.72. The Hall–Kier alpha value is -1.83. The van der Waals surface area contributed by atoms with Crippen molar-refractivity contribution in [1.29, 1.82) is 0 Å². The Morgan fingerprint density at radius 1 is 1.62 bits per heavy atom. The highest BCUT2D eigenvalue weighted by Crippen LogP contribution is 2.21. The molecule has 1 amide bonds. The van der Waals surface area contributed by atoms with E-state index in [1.807, 2.05) is 13.2 Å². The molecule has 0 saturated carbocycles. The maximum absolute atomic E-state index is 12.5. The van der Waals surface area contributed by atoms with Crippen molar-refractivity contribution >= 4 is 29.2 Å². The second-order valence-electron chi connectivity index (χ2n) is 4.64. The van der Waals surface area contributed by atoms with E-state index in [0.29, 0.717) is 5.82 Å². The van der Waals surface area contributed by atoms with Gasteiger partial charge in [-0.25, -0.2) is 4.98 Å². The number of hydrogen-bond donors (Lipinski definition) is 1. The number of carbonyl (C=O) groups excluding carboxylic acids is 1. The normalized spacial score (nSPS) is 11.8. The van der Waals surface area contributed by atoms with Gasteiger partial charge in [0.2, 0.25) is 0 Å². The molecule has 0 aliphatic rings. The smallest absolute Gasteiger partial charge is 0.288 e. The first-order valence-corrected chi connectivity index (χ1v) is 7.90. The molecule has 0 aliphatic heterocycles. The van der Waals surface area contributed by atoms with Crippen LogP contribution in [0.3, 0.4) is 0 Å². The molecule has 1 rings (SSSR count). The van der Waals surface area contributed by atoms with Crippen molar-refractivity contribution in [3.63, 3.8) is 0 Å². The third kappa shape index (κ3) is 4.32. The summed E-state index contributed by atoms with van der Waals surface area (Å²) in [6.07, 6.45) is 4.01. The standard InChI is InChI=1S/C13H20N4O3S/c1-9(5-6-21-4)16(3)13(18)11-7-10(17(19)20)8-15-12(11)14-2/h7-9H,5-6H2,1-4H3,(H,14,15). The van der Waals surface area contributed by atoms with Crippen LogP contribution in [0, 0.1) is 10.1 Å². The minimum absolute atomic E-state index is 0.0499. The molecule has 1 atom stereocenters. The Morgan fingerprint density at radius 2 is 2.29 bits per heavy atom. The monoisotopic (exact) mass is 312 g/mol. The number of carbonyl (C=O) groups is 1. The number of rotatable bonds is 7. The Kier molecular flexibility index (Phi) is 6.41. The Balaban J connectivity index is 3.04. The summed E-state index contributed by atoms with van der Waals surface area (Å²) < 4.78 is 0. The van der Waals surface area contributed by atoms with Crippen molar-refractivity contribution in [3.05, 3.63) is 27.9 Å². The lowest BCUT2D eigenvalue weighted by molar-refractivity contribution is -0.385. The van der Waals surface area contributed by atoms with Gasteiger partial charge in [0.15, 0.2) is 0 Å². The number of nitrogens with one attached hydrogen (secondary N) is 1. The van der Waals surface area contributed by atoms with E-state index in [0.717, 1.165) is 18.4 Å². The van der Waals surface area contributed by atoms with E-state index in [1.165, 1.54) is 6.07 Å². The molecule has 1 N–H and O–H groups in total. The van der Waals surface area contributed by atoms with E-state index in [2.05, 4.69) is 10.3 Å². The molecule has 8 heteroatoms. The highest BCUT2D eigenvalue weighted by molar-refractivity contribution is 7.98. The summed E-state index contributed by atoms with van der Waals surface area (Å²) in [5.41, 5.74) is 0.0210. The molecule has 0 aromatic carbocycles. The summed E-state index contributed by atoms with van der Waals surface area (Å²) in [6.45, 7) is 1.96. The SMILES string of the molecule is CNc1ncc([N+](=O)[O-])cc1C(=O)N(C)C(C)CCSC. The van der Waals surface area contributed by atoms with Gasteiger partial charge >= 0.3 is 0 Å². The number of nitro groups is 1. The van der Waals surface area contributed by atoms with Crippen molar-refractivity contribution in [1.82, 2.24) is 9.88 Å². The molecule has 0 radical (unpaired) electrons. The first-order valence-electron chi connectivity index (χ1n) is 6.50. The zero-order valence-electron chi connectivity index (χ0n) is 12.6. The predicted molar refractivity (Wildman–Crippen MR) is 85.0 cm³/mol. The van der Waals surface area contributed by atoms with Gasteiger partial charge in [0, 0.05) is 26.2 Å². The number of aromatic nitrogens is 1. The zero-order chi connectivity index (χ0) is 16.0. The van der Waals surface area contributed by atoms with Crippen molar-refractivity contribution in [2.24, 2.45) is 0 Å². The molecular weight excluding hydrogens is 292 g/mol. The fourth-order valence-corrected chi connectivity index (χ4v) is 2.36. The summed E-state index contributed by atoms with van der Waals surface area (Å²) in [4.78, 5) is 28.3. The quantitative estimate of drug-likeness (QED) is 0.613. The average Bonchev–Trinajstić information content (AvgIpc) is 2.50. The van der Waals surface area contributed by atoms with Gasteiger partial charge in [-0.3, -0.25) is 14.9 Å². The van der Waals surface area contributed by atoms with Gasteiger partial charge in [-0.1, -0.05) is 0 Å². The van der Waals surface area contributed by atoms with Crippen LogP contribution in [0.4, 0.5) is 11.5 Å². The van der Waals surface area contributed by atoms with Crippen molar-refractivity contribution in [2.75, 3.05) is 31.4 Å².